The Morgan fingerprint density at radius 3 is 3.20 bits per heavy atom. The first-order valence-electron chi connectivity index (χ1n) is 5.10. The Morgan fingerprint density at radius 1 is 1.80 bits per heavy atom. The van der Waals surface area contributed by atoms with Gasteiger partial charge in [-0.2, -0.15) is 5.10 Å². The molecular formula is C10H15N3O2. The maximum absolute atomic E-state index is 12.1. The summed E-state index contributed by atoms with van der Waals surface area (Å²) in [5.74, 6) is -0.0700. The van der Waals surface area contributed by atoms with Crippen LogP contribution in [0.4, 0.5) is 0 Å². The molecule has 1 atom stereocenters. The van der Waals surface area contributed by atoms with E-state index in [-0.39, 0.29) is 5.78 Å². The molecule has 5 nitrogen and oxygen atoms in total. The van der Waals surface area contributed by atoms with Gasteiger partial charge in [-0.3, -0.25) is 9.48 Å². The van der Waals surface area contributed by atoms with Gasteiger partial charge in [-0.1, -0.05) is 0 Å². The zero-order chi connectivity index (χ0) is 10.9. The lowest BCUT2D eigenvalue weighted by Gasteiger charge is -2.19. The zero-order valence-corrected chi connectivity index (χ0v) is 8.77. The van der Waals surface area contributed by atoms with Crippen molar-refractivity contribution in [3.05, 3.63) is 18.0 Å². The molecule has 1 saturated heterocycles. The number of Topliss-reactive ketones (excluding diaryl/α,β-unsaturated/α-hetero) is 1. The number of ether oxygens (including phenoxy) is 1. The van der Waals surface area contributed by atoms with Gasteiger partial charge < -0.3 is 10.5 Å². The monoisotopic (exact) mass is 209 g/mol. The molecule has 0 bridgehead atoms. The molecule has 2 heterocycles. The van der Waals surface area contributed by atoms with Gasteiger partial charge in [0, 0.05) is 19.3 Å². The Hall–Kier alpha value is -1.20. The number of carbonyl (C=O) groups excluding carboxylic acids is 1. The maximum atomic E-state index is 12.1. The average Bonchev–Trinajstić information content (AvgIpc) is 2.85. The summed E-state index contributed by atoms with van der Waals surface area (Å²) in [6.45, 7) is 3.48. The summed E-state index contributed by atoms with van der Waals surface area (Å²) in [5, 5.41) is 4.06. The van der Waals surface area contributed by atoms with Crippen LogP contribution < -0.4 is 5.73 Å². The van der Waals surface area contributed by atoms with Crippen molar-refractivity contribution in [1.82, 2.24) is 9.78 Å². The second kappa shape index (κ2) is 3.75. The molecule has 5 heteroatoms. The molecule has 1 fully saturated rings. The third-order valence-corrected chi connectivity index (χ3v) is 2.75. The lowest BCUT2D eigenvalue weighted by molar-refractivity contribution is 0.0852. The smallest absolute Gasteiger partial charge is 0.203 e. The summed E-state index contributed by atoms with van der Waals surface area (Å²) in [6, 6.07) is 1.71. The molecule has 2 N–H and O–H groups in total. The van der Waals surface area contributed by atoms with Crippen molar-refractivity contribution in [3.63, 3.8) is 0 Å². The van der Waals surface area contributed by atoms with Crippen LogP contribution in [0.1, 0.15) is 23.8 Å². The number of nitrogens with two attached hydrogens (primary N) is 1. The van der Waals surface area contributed by atoms with E-state index in [1.807, 2.05) is 6.92 Å². The second-order valence-corrected chi connectivity index (χ2v) is 3.82. The second-order valence-electron chi connectivity index (χ2n) is 3.82. The van der Waals surface area contributed by atoms with E-state index in [0.29, 0.717) is 31.9 Å². The van der Waals surface area contributed by atoms with Crippen molar-refractivity contribution in [1.29, 1.82) is 0 Å². The highest BCUT2D eigenvalue weighted by molar-refractivity contribution is 6.02. The van der Waals surface area contributed by atoms with E-state index in [9.17, 15) is 4.79 Å². The Balaban J connectivity index is 2.27. The van der Waals surface area contributed by atoms with Crippen LogP contribution in [0.25, 0.3) is 0 Å². The van der Waals surface area contributed by atoms with E-state index in [1.165, 1.54) is 0 Å². The zero-order valence-electron chi connectivity index (χ0n) is 8.77. The molecule has 15 heavy (non-hydrogen) atoms. The molecule has 0 amide bonds. The molecule has 1 aromatic heterocycles. The van der Waals surface area contributed by atoms with Crippen LogP contribution in [0.15, 0.2) is 12.3 Å². The van der Waals surface area contributed by atoms with Crippen LogP contribution in [0.3, 0.4) is 0 Å². The van der Waals surface area contributed by atoms with Gasteiger partial charge in [0.25, 0.3) is 0 Å². The quantitative estimate of drug-likeness (QED) is 0.722. The van der Waals surface area contributed by atoms with Crippen LogP contribution in [0.5, 0.6) is 0 Å². The molecule has 82 valence electrons. The molecule has 1 aromatic rings. The predicted octanol–water partition coefficient (Wildman–Crippen LogP) is 0.203. The van der Waals surface area contributed by atoms with Crippen LogP contribution in [-0.4, -0.2) is 34.3 Å². The average molecular weight is 209 g/mol. The van der Waals surface area contributed by atoms with Crippen LogP contribution >= 0.6 is 0 Å². The number of nitrogens with zero attached hydrogens (tertiary/aromatic N) is 2. The van der Waals surface area contributed by atoms with Crippen LogP contribution in [0, 0.1) is 0 Å². The topological polar surface area (TPSA) is 70.1 Å². The van der Waals surface area contributed by atoms with Gasteiger partial charge in [0.2, 0.25) is 5.78 Å². The highest BCUT2D eigenvalue weighted by atomic mass is 16.5. The minimum absolute atomic E-state index is 0.0700. The molecule has 1 aliphatic heterocycles. The molecule has 0 radical (unpaired) electrons. The van der Waals surface area contributed by atoms with Crippen molar-refractivity contribution < 1.29 is 9.53 Å². The fourth-order valence-electron chi connectivity index (χ4n) is 1.79. The third kappa shape index (κ3) is 1.68. The fourth-order valence-corrected chi connectivity index (χ4v) is 1.79. The molecule has 1 aliphatic rings. The molecule has 1 unspecified atom stereocenters. The normalized spacial score (nSPS) is 25.7. The lowest BCUT2D eigenvalue weighted by atomic mass is 9.92. The highest BCUT2D eigenvalue weighted by Gasteiger charge is 2.39. The summed E-state index contributed by atoms with van der Waals surface area (Å²) in [5.41, 5.74) is 5.72. The van der Waals surface area contributed by atoms with Gasteiger partial charge in [-0.25, -0.2) is 0 Å². The lowest BCUT2D eigenvalue weighted by Crippen LogP contribution is -2.49. The number of ketones is 1. The summed E-state index contributed by atoms with van der Waals surface area (Å²) in [6.07, 6.45) is 2.20. The minimum Gasteiger partial charge on any atom is -0.379 e. The Morgan fingerprint density at radius 2 is 2.60 bits per heavy atom. The molecule has 2 rings (SSSR count). The van der Waals surface area contributed by atoms with E-state index in [1.54, 1.807) is 16.9 Å². The summed E-state index contributed by atoms with van der Waals surface area (Å²) < 4.78 is 6.84. The van der Waals surface area contributed by atoms with E-state index >= 15 is 0 Å². The highest BCUT2D eigenvalue weighted by Crippen LogP contribution is 2.20. The summed E-state index contributed by atoms with van der Waals surface area (Å²) in [7, 11) is 0. The van der Waals surface area contributed by atoms with Gasteiger partial charge in [0.15, 0.2) is 0 Å². The molecule has 0 aromatic carbocycles. The van der Waals surface area contributed by atoms with E-state index in [4.69, 9.17) is 10.5 Å². The van der Waals surface area contributed by atoms with Crippen molar-refractivity contribution in [2.24, 2.45) is 5.73 Å². The number of carbonyl (C=O) groups is 1. The van der Waals surface area contributed by atoms with Crippen LogP contribution in [0.2, 0.25) is 0 Å². The molecular weight excluding hydrogens is 194 g/mol. The van der Waals surface area contributed by atoms with Crippen molar-refractivity contribution >= 4 is 5.78 Å². The number of rotatable bonds is 3. The predicted molar refractivity (Wildman–Crippen MR) is 54.6 cm³/mol. The Bertz CT molecular complexity index is 366. The van der Waals surface area contributed by atoms with Gasteiger partial charge in [-0.05, 0) is 19.4 Å². The molecule has 0 aliphatic carbocycles. The summed E-state index contributed by atoms with van der Waals surface area (Å²) in [4.78, 5) is 12.1. The van der Waals surface area contributed by atoms with Crippen molar-refractivity contribution in [2.75, 3.05) is 13.2 Å². The maximum Gasteiger partial charge on any atom is 0.203 e. The fraction of sp³-hybridized carbons (Fsp3) is 0.600. The standard InChI is InChI=1S/C10H15N3O2/c1-2-13-8(3-5-12-13)9(14)10(11)4-6-15-7-10/h3,5H,2,4,6-7,11H2,1H3. The van der Waals surface area contributed by atoms with Gasteiger partial charge in [0.05, 0.1) is 6.61 Å². The third-order valence-electron chi connectivity index (χ3n) is 2.75. The number of hydrogen-bond donors (Lipinski definition) is 1. The first kappa shape index (κ1) is 10.3. The van der Waals surface area contributed by atoms with Gasteiger partial charge in [-0.15, -0.1) is 0 Å². The van der Waals surface area contributed by atoms with Crippen molar-refractivity contribution in [3.8, 4) is 0 Å². The number of hydrogen-bond acceptors (Lipinski definition) is 4. The van der Waals surface area contributed by atoms with E-state index < -0.39 is 5.54 Å². The molecule has 0 spiro atoms. The largest absolute Gasteiger partial charge is 0.379 e. The summed E-state index contributed by atoms with van der Waals surface area (Å²) >= 11 is 0. The Kier molecular flexibility index (Phi) is 2.58. The molecule has 0 saturated carbocycles. The van der Waals surface area contributed by atoms with Crippen LogP contribution in [-0.2, 0) is 11.3 Å². The van der Waals surface area contributed by atoms with E-state index in [0.717, 1.165) is 0 Å². The van der Waals surface area contributed by atoms with Gasteiger partial charge in [0.1, 0.15) is 11.2 Å². The first-order chi connectivity index (χ1) is 7.17. The first-order valence-corrected chi connectivity index (χ1v) is 5.10. The number of aromatic nitrogens is 2. The van der Waals surface area contributed by atoms with E-state index in [2.05, 4.69) is 5.10 Å². The van der Waals surface area contributed by atoms with Gasteiger partial charge >= 0.3 is 0 Å². The Labute approximate surface area is 88.2 Å². The number of aryl methyl sites for hydroxylation is 1. The van der Waals surface area contributed by atoms with Crippen molar-refractivity contribution in [2.45, 2.75) is 25.4 Å². The minimum atomic E-state index is -0.854. The SMILES string of the molecule is CCn1nccc1C(=O)C1(N)CCOC1.